The van der Waals surface area contributed by atoms with Crippen LogP contribution < -0.4 is 5.30 Å². The lowest BCUT2D eigenvalue weighted by atomic mass is 10.3. The standard InChI is InChI=1S/C11H15O5P/c12-5-6-16-11(14)4-7-17(15)10-3-1-2-9(13)8-10/h1-3,8,12-13,17H,4-7H2. The van der Waals surface area contributed by atoms with Gasteiger partial charge in [0.2, 0.25) is 0 Å². The molecule has 5 nitrogen and oxygen atoms in total. The molecule has 0 saturated heterocycles. The minimum atomic E-state index is -2.08. The van der Waals surface area contributed by atoms with Crippen LogP contribution in [0, 0.1) is 0 Å². The summed E-state index contributed by atoms with van der Waals surface area (Å²) < 4.78 is 16.4. The molecule has 17 heavy (non-hydrogen) atoms. The Kier molecular flexibility index (Phi) is 5.73. The highest BCUT2D eigenvalue weighted by Crippen LogP contribution is 2.22. The van der Waals surface area contributed by atoms with Crippen LogP contribution in [0.25, 0.3) is 0 Å². The van der Waals surface area contributed by atoms with Crippen LogP contribution in [-0.4, -0.2) is 35.6 Å². The van der Waals surface area contributed by atoms with Crippen molar-refractivity contribution in [1.29, 1.82) is 0 Å². The third kappa shape index (κ3) is 5.02. The average molecular weight is 258 g/mol. The van der Waals surface area contributed by atoms with E-state index in [-0.39, 0.29) is 31.5 Å². The van der Waals surface area contributed by atoms with Gasteiger partial charge in [0.25, 0.3) is 0 Å². The average Bonchev–Trinajstić information content (AvgIpc) is 2.33. The van der Waals surface area contributed by atoms with Gasteiger partial charge < -0.3 is 19.5 Å². The van der Waals surface area contributed by atoms with Crippen LogP contribution in [-0.2, 0) is 14.1 Å². The monoisotopic (exact) mass is 258 g/mol. The zero-order valence-corrected chi connectivity index (χ0v) is 10.3. The third-order valence-electron chi connectivity index (χ3n) is 2.08. The molecule has 94 valence electrons. The molecule has 0 fully saturated rings. The fraction of sp³-hybridized carbons (Fsp3) is 0.364. The fourth-order valence-electron chi connectivity index (χ4n) is 1.27. The van der Waals surface area contributed by atoms with Crippen LogP contribution in [0.1, 0.15) is 6.42 Å². The van der Waals surface area contributed by atoms with E-state index in [0.717, 1.165) is 0 Å². The number of aliphatic hydroxyl groups excluding tert-OH is 1. The number of hydrogen-bond acceptors (Lipinski definition) is 5. The van der Waals surface area contributed by atoms with Crippen LogP contribution in [0.5, 0.6) is 5.75 Å². The Balaban J connectivity index is 2.42. The molecule has 2 N–H and O–H groups in total. The van der Waals surface area contributed by atoms with Gasteiger partial charge in [0, 0.05) is 11.5 Å². The molecule has 1 unspecified atom stereocenters. The third-order valence-corrected chi connectivity index (χ3v) is 3.74. The number of rotatable bonds is 6. The number of esters is 1. The van der Waals surface area contributed by atoms with Gasteiger partial charge in [0.1, 0.15) is 20.2 Å². The maximum Gasteiger partial charge on any atom is 0.306 e. The van der Waals surface area contributed by atoms with Gasteiger partial charge >= 0.3 is 5.97 Å². The quantitative estimate of drug-likeness (QED) is 0.573. The Bertz CT molecular complexity index is 405. The van der Waals surface area contributed by atoms with Gasteiger partial charge in [-0.05, 0) is 12.1 Å². The van der Waals surface area contributed by atoms with Gasteiger partial charge in [-0.25, -0.2) is 0 Å². The maximum absolute atomic E-state index is 11.8. The van der Waals surface area contributed by atoms with Crippen molar-refractivity contribution < 1.29 is 24.3 Å². The van der Waals surface area contributed by atoms with Gasteiger partial charge in [0.05, 0.1) is 13.0 Å². The van der Waals surface area contributed by atoms with E-state index in [0.29, 0.717) is 5.30 Å². The number of benzene rings is 1. The van der Waals surface area contributed by atoms with Crippen LogP contribution in [0.2, 0.25) is 0 Å². The maximum atomic E-state index is 11.8. The van der Waals surface area contributed by atoms with E-state index in [1.165, 1.54) is 12.1 Å². The molecule has 0 saturated carbocycles. The minimum Gasteiger partial charge on any atom is -0.508 e. The van der Waals surface area contributed by atoms with Crippen LogP contribution in [0.4, 0.5) is 0 Å². The second-order valence-electron chi connectivity index (χ2n) is 3.42. The zero-order valence-electron chi connectivity index (χ0n) is 9.26. The highest BCUT2D eigenvalue weighted by Gasteiger charge is 2.09. The first-order valence-corrected chi connectivity index (χ1v) is 6.83. The van der Waals surface area contributed by atoms with Crippen molar-refractivity contribution in [1.82, 2.24) is 0 Å². The Morgan fingerprint density at radius 1 is 1.41 bits per heavy atom. The van der Waals surface area contributed by atoms with Gasteiger partial charge in [-0.1, -0.05) is 12.1 Å². The number of carbonyl (C=O) groups is 1. The van der Waals surface area contributed by atoms with Gasteiger partial charge in [-0.15, -0.1) is 0 Å². The molecule has 0 bridgehead atoms. The summed E-state index contributed by atoms with van der Waals surface area (Å²) in [6.07, 6.45) is 0.256. The first kappa shape index (κ1) is 13.7. The topological polar surface area (TPSA) is 83.8 Å². The molecule has 0 aliphatic rings. The second-order valence-corrected chi connectivity index (χ2v) is 5.34. The molecular weight excluding hydrogens is 243 g/mol. The van der Waals surface area contributed by atoms with Crippen LogP contribution in [0.15, 0.2) is 24.3 Å². The van der Waals surface area contributed by atoms with Crippen molar-refractivity contribution in [3.05, 3.63) is 24.3 Å². The molecule has 0 aliphatic heterocycles. The molecule has 0 spiro atoms. The number of hydrogen-bond donors (Lipinski definition) is 2. The first-order valence-electron chi connectivity index (χ1n) is 5.22. The van der Waals surface area contributed by atoms with Gasteiger partial charge in [-0.3, -0.25) is 4.79 Å². The van der Waals surface area contributed by atoms with Gasteiger partial charge in [0.15, 0.2) is 0 Å². The number of aromatic hydroxyl groups is 1. The highest BCUT2D eigenvalue weighted by atomic mass is 31.1. The molecule has 1 rings (SSSR count). The largest absolute Gasteiger partial charge is 0.508 e. The van der Waals surface area contributed by atoms with E-state index in [1.807, 2.05) is 0 Å². The summed E-state index contributed by atoms with van der Waals surface area (Å²) in [7, 11) is -2.08. The zero-order chi connectivity index (χ0) is 12.7. The molecule has 1 aromatic carbocycles. The number of phenols is 1. The Morgan fingerprint density at radius 2 is 2.18 bits per heavy atom. The van der Waals surface area contributed by atoms with E-state index >= 15 is 0 Å². The number of phenolic OH excluding ortho intramolecular Hbond substituents is 1. The van der Waals surface area contributed by atoms with E-state index in [4.69, 9.17) is 5.11 Å². The molecule has 0 aromatic heterocycles. The Hall–Kier alpha value is -1.32. The summed E-state index contributed by atoms with van der Waals surface area (Å²) in [5.74, 6) is -0.415. The molecule has 0 amide bonds. The molecule has 0 radical (unpaired) electrons. The molecular formula is C11H15O5P. The van der Waals surface area contributed by atoms with Crippen molar-refractivity contribution >= 4 is 19.1 Å². The molecule has 1 aromatic rings. The summed E-state index contributed by atoms with van der Waals surface area (Å²) in [5, 5.41) is 18.2. The second kappa shape index (κ2) is 7.09. The Morgan fingerprint density at radius 3 is 2.82 bits per heavy atom. The van der Waals surface area contributed by atoms with Crippen molar-refractivity contribution in [3.8, 4) is 5.75 Å². The van der Waals surface area contributed by atoms with E-state index < -0.39 is 13.8 Å². The molecule has 0 aliphatic carbocycles. The summed E-state index contributed by atoms with van der Waals surface area (Å²) in [5.41, 5.74) is 0. The lowest BCUT2D eigenvalue weighted by Crippen LogP contribution is -2.10. The predicted octanol–water partition coefficient (Wildman–Crippen LogP) is 0.503. The Labute approximate surface area is 99.8 Å². The van der Waals surface area contributed by atoms with Crippen molar-refractivity contribution in [2.24, 2.45) is 0 Å². The summed E-state index contributed by atoms with van der Waals surface area (Å²) in [4.78, 5) is 11.1. The van der Waals surface area contributed by atoms with E-state index in [9.17, 15) is 14.5 Å². The number of aliphatic hydroxyl groups is 1. The highest BCUT2D eigenvalue weighted by molar-refractivity contribution is 7.53. The summed E-state index contributed by atoms with van der Waals surface area (Å²) >= 11 is 0. The number of ether oxygens (including phenoxy) is 1. The lowest BCUT2D eigenvalue weighted by Gasteiger charge is -2.04. The van der Waals surface area contributed by atoms with Crippen molar-refractivity contribution in [2.45, 2.75) is 6.42 Å². The predicted molar refractivity (Wildman–Crippen MR) is 64.3 cm³/mol. The van der Waals surface area contributed by atoms with Crippen LogP contribution in [0.3, 0.4) is 0 Å². The van der Waals surface area contributed by atoms with Crippen molar-refractivity contribution in [2.75, 3.05) is 19.4 Å². The fourth-order valence-corrected chi connectivity index (χ4v) is 2.58. The summed E-state index contributed by atoms with van der Waals surface area (Å²) in [6.45, 7) is -0.251. The van der Waals surface area contributed by atoms with E-state index in [2.05, 4.69) is 4.74 Å². The van der Waals surface area contributed by atoms with Gasteiger partial charge in [-0.2, -0.15) is 0 Å². The summed E-state index contributed by atoms with van der Waals surface area (Å²) in [6, 6.07) is 6.19. The normalized spacial score (nSPS) is 12.1. The first-order chi connectivity index (χ1) is 8.13. The lowest BCUT2D eigenvalue weighted by molar-refractivity contribution is -0.144. The van der Waals surface area contributed by atoms with E-state index in [1.54, 1.807) is 12.1 Å². The minimum absolute atomic E-state index is 0.0358. The SMILES string of the molecule is O=C(CC[PH](=O)c1cccc(O)c1)OCCO. The molecule has 6 heteroatoms. The molecule has 1 atom stereocenters. The smallest absolute Gasteiger partial charge is 0.306 e. The van der Waals surface area contributed by atoms with Crippen LogP contribution >= 0.6 is 7.80 Å². The number of carbonyl (C=O) groups excluding carboxylic acids is 1. The van der Waals surface area contributed by atoms with Crippen molar-refractivity contribution in [3.63, 3.8) is 0 Å². The molecule has 0 heterocycles.